The van der Waals surface area contributed by atoms with Crippen molar-refractivity contribution in [3.05, 3.63) is 60.4 Å². The molecule has 0 spiro atoms. The Morgan fingerprint density at radius 1 is 1.19 bits per heavy atom. The molecule has 8 nitrogen and oxygen atoms in total. The van der Waals surface area contributed by atoms with Crippen LogP contribution in [0.5, 0.6) is 0 Å². The monoisotopic (exact) mass is 353 g/mol. The van der Waals surface area contributed by atoms with Crippen molar-refractivity contribution in [3.63, 3.8) is 0 Å². The molecule has 0 bridgehead atoms. The first-order chi connectivity index (χ1) is 12.4. The van der Waals surface area contributed by atoms with Gasteiger partial charge in [0.1, 0.15) is 6.33 Å². The number of amides is 1. The van der Waals surface area contributed by atoms with Crippen molar-refractivity contribution < 1.29 is 4.79 Å². The highest BCUT2D eigenvalue weighted by atomic mass is 16.1. The second-order valence-corrected chi connectivity index (χ2v) is 7.36. The topological polar surface area (TPSA) is 90.5 Å². The van der Waals surface area contributed by atoms with E-state index in [0.29, 0.717) is 18.7 Å². The highest BCUT2D eigenvalue weighted by molar-refractivity contribution is 5.94. The number of benzene rings is 1. The molecule has 3 aromatic rings. The molecule has 0 aliphatic heterocycles. The van der Waals surface area contributed by atoms with E-state index in [9.17, 15) is 4.79 Å². The summed E-state index contributed by atoms with van der Waals surface area (Å²) >= 11 is 0. The Labute approximate surface area is 152 Å². The van der Waals surface area contributed by atoms with Crippen LogP contribution < -0.4 is 5.32 Å². The van der Waals surface area contributed by atoms with Gasteiger partial charge in [-0.3, -0.25) is 4.79 Å². The number of rotatable bonds is 6. The fourth-order valence-electron chi connectivity index (χ4n) is 2.58. The zero-order chi connectivity index (χ0) is 18.6. The maximum absolute atomic E-state index is 12.7. The smallest absolute Gasteiger partial charge is 0.251 e. The number of nitrogens with zero attached hydrogens (tertiary/aromatic N) is 6. The minimum absolute atomic E-state index is 0.0231. The number of aromatic nitrogens is 6. The van der Waals surface area contributed by atoms with Crippen molar-refractivity contribution >= 4 is 5.91 Å². The van der Waals surface area contributed by atoms with Crippen LogP contribution in [-0.4, -0.2) is 41.7 Å². The van der Waals surface area contributed by atoms with Crippen LogP contribution in [0.2, 0.25) is 0 Å². The molecule has 0 saturated heterocycles. The number of tetrazole rings is 1. The molecule has 26 heavy (non-hydrogen) atoms. The number of hydrogen-bond donors (Lipinski definition) is 1. The Morgan fingerprint density at radius 3 is 2.54 bits per heavy atom. The normalized spacial score (nSPS) is 12.7. The molecule has 136 valence electrons. The highest BCUT2D eigenvalue weighted by Crippen LogP contribution is 2.21. The Morgan fingerprint density at radius 2 is 1.96 bits per heavy atom. The van der Waals surface area contributed by atoms with Crippen LogP contribution >= 0.6 is 0 Å². The lowest BCUT2D eigenvalue weighted by atomic mass is 9.86. The van der Waals surface area contributed by atoms with Crippen molar-refractivity contribution in [2.45, 2.75) is 39.9 Å². The van der Waals surface area contributed by atoms with E-state index in [4.69, 9.17) is 0 Å². The largest absolute Gasteiger partial charge is 0.347 e. The number of hydrogen-bond acceptors (Lipinski definition) is 5. The van der Waals surface area contributed by atoms with E-state index >= 15 is 0 Å². The molecule has 1 atom stereocenters. The average molecular weight is 353 g/mol. The van der Waals surface area contributed by atoms with Gasteiger partial charge in [0.05, 0.1) is 18.9 Å². The van der Waals surface area contributed by atoms with Crippen LogP contribution in [0.25, 0.3) is 0 Å². The third-order valence-corrected chi connectivity index (χ3v) is 4.26. The zero-order valence-corrected chi connectivity index (χ0v) is 15.2. The van der Waals surface area contributed by atoms with E-state index in [0.717, 1.165) is 5.56 Å². The van der Waals surface area contributed by atoms with E-state index in [1.165, 1.54) is 0 Å². The van der Waals surface area contributed by atoms with Gasteiger partial charge in [0.2, 0.25) is 0 Å². The van der Waals surface area contributed by atoms with Crippen LogP contribution in [0.1, 0.15) is 36.7 Å². The van der Waals surface area contributed by atoms with Crippen LogP contribution in [0.15, 0.2) is 49.3 Å². The molecular weight excluding hydrogens is 330 g/mol. The van der Waals surface area contributed by atoms with Crippen molar-refractivity contribution in [1.29, 1.82) is 0 Å². The Bertz CT molecular complexity index is 818. The molecule has 1 amide bonds. The quantitative estimate of drug-likeness (QED) is 0.729. The molecular formula is C18H23N7O. The molecule has 2 heterocycles. The summed E-state index contributed by atoms with van der Waals surface area (Å²) in [6.45, 7) is 7.59. The number of carbonyl (C=O) groups is 1. The lowest BCUT2D eigenvalue weighted by Gasteiger charge is -2.31. The van der Waals surface area contributed by atoms with Gasteiger partial charge in [0, 0.05) is 24.5 Å². The first-order valence-electron chi connectivity index (χ1n) is 8.48. The molecule has 8 heteroatoms. The van der Waals surface area contributed by atoms with Gasteiger partial charge in [0.25, 0.3) is 5.91 Å². The fourth-order valence-corrected chi connectivity index (χ4v) is 2.58. The minimum atomic E-state index is -0.0842. The Hall–Kier alpha value is -3.03. The lowest BCUT2D eigenvalue weighted by molar-refractivity contribution is 0.0892. The molecule has 0 unspecified atom stereocenters. The summed E-state index contributed by atoms with van der Waals surface area (Å²) in [6, 6.07) is 7.46. The fraction of sp³-hybridized carbons (Fsp3) is 0.389. The summed E-state index contributed by atoms with van der Waals surface area (Å²) in [7, 11) is 0. The van der Waals surface area contributed by atoms with Gasteiger partial charge in [-0.2, -0.15) is 0 Å². The SMILES string of the molecule is CC(C)(C)[C@@H](Cn1ccnc1)NC(=O)c1ccc(Cn2cnnn2)cc1. The molecule has 1 N–H and O–H groups in total. The zero-order valence-electron chi connectivity index (χ0n) is 15.2. The lowest BCUT2D eigenvalue weighted by Crippen LogP contribution is -2.46. The van der Waals surface area contributed by atoms with Gasteiger partial charge in [0.15, 0.2) is 0 Å². The number of carbonyl (C=O) groups excluding carboxylic acids is 1. The van der Waals surface area contributed by atoms with Crippen molar-refractivity contribution in [1.82, 2.24) is 35.1 Å². The summed E-state index contributed by atoms with van der Waals surface area (Å²) in [5, 5.41) is 14.2. The maximum atomic E-state index is 12.7. The van der Waals surface area contributed by atoms with E-state index in [-0.39, 0.29) is 17.4 Å². The second kappa shape index (κ2) is 7.47. The molecule has 0 saturated carbocycles. The minimum Gasteiger partial charge on any atom is -0.347 e. The van der Waals surface area contributed by atoms with Crippen LogP contribution in [0.3, 0.4) is 0 Å². The predicted molar refractivity (Wildman–Crippen MR) is 96.3 cm³/mol. The van der Waals surface area contributed by atoms with E-state index in [1.54, 1.807) is 23.5 Å². The van der Waals surface area contributed by atoms with Crippen LogP contribution in [-0.2, 0) is 13.1 Å². The Kier molecular flexibility index (Phi) is 5.11. The highest BCUT2D eigenvalue weighted by Gasteiger charge is 2.27. The van der Waals surface area contributed by atoms with Gasteiger partial charge in [-0.25, -0.2) is 9.67 Å². The van der Waals surface area contributed by atoms with Crippen molar-refractivity contribution in [3.8, 4) is 0 Å². The Balaban J connectivity index is 1.67. The first-order valence-corrected chi connectivity index (χ1v) is 8.48. The third kappa shape index (κ3) is 4.53. The molecule has 2 aromatic heterocycles. The van der Waals surface area contributed by atoms with Gasteiger partial charge in [-0.15, -0.1) is 5.10 Å². The first kappa shape index (κ1) is 17.8. The van der Waals surface area contributed by atoms with E-state index < -0.39 is 0 Å². The standard InChI is InChI=1S/C18H23N7O/c1-18(2,3)16(11-24-9-8-19-12-24)21-17(26)15-6-4-14(5-7-15)10-25-13-20-22-23-25/h4-9,12-13,16H,10-11H2,1-3H3,(H,21,26)/t16-/m1/s1. The van der Waals surface area contributed by atoms with Gasteiger partial charge < -0.3 is 9.88 Å². The van der Waals surface area contributed by atoms with Gasteiger partial charge >= 0.3 is 0 Å². The third-order valence-electron chi connectivity index (χ3n) is 4.26. The predicted octanol–water partition coefficient (Wildman–Crippen LogP) is 1.76. The molecule has 3 rings (SSSR count). The summed E-state index contributed by atoms with van der Waals surface area (Å²) in [4.78, 5) is 16.8. The molecule has 1 aromatic carbocycles. The number of nitrogens with one attached hydrogen (secondary N) is 1. The van der Waals surface area contributed by atoms with Crippen molar-refractivity contribution in [2.24, 2.45) is 5.41 Å². The van der Waals surface area contributed by atoms with Gasteiger partial charge in [-0.1, -0.05) is 32.9 Å². The van der Waals surface area contributed by atoms with E-state index in [2.05, 4.69) is 46.6 Å². The van der Waals surface area contributed by atoms with Crippen LogP contribution in [0, 0.1) is 5.41 Å². The number of imidazole rings is 1. The molecule has 0 radical (unpaired) electrons. The average Bonchev–Trinajstić information content (AvgIpc) is 3.28. The summed E-state index contributed by atoms with van der Waals surface area (Å²) in [5.41, 5.74) is 1.57. The molecule has 0 aliphatic rings. The van der Waals surface area contributed by atoms with Crippen molar-refractivity contribution in [2.75, 3.05) is 0 Å². The maximum Gasteiger partial charge on any atom is 0.251 e. The van der Waals surface area contributed by atoms with Gasteiger partial charge in [-0.05, 0) is 33.5 Å². The van der Waals surface area contributed by atoms with E-state index in [1.807, 2.05) is 35.0 Å². The molecule has 0 aliphatic carbocycles. The summed E-state index contributed by atoms with van der Waals surface area (Å²) in [6.07, 6.45) is 6.97. The molecule has 0 fully saturated rings. The summed E-state index contributed by atoms with van der Waals surface area (Å²) < 4.78 is 3.61. The summed E-state index contributed by atoms with van der Waals surface area (Å²) in [5.74, 6) is -0.0842. The van der Waals surface area contributed by atoms with Crippen LogP contribution in [0.4, 0.5) is 0 Å². The second-order valence-electron chi connectivity index (χ2n) is 7.36.